The average molecular weight is 499 g/mol. The van der Waals surface area contributed by atoms with E-state index in [0.717, 1.165) is 11.8 Å². The summed E-state index contributed by atoms with van der Waals surface area (Å²) in [5.74, 6) is -0.407. The van der Waals surface area contributed by atoms with Gasteiger partial charge in [0.15, 0.2) is 11.5 Å². The van der Waals surface area contributed by atoms with Crippen molar-refractivity contribution in [2.75, 3.05) is 19.0 Å². The zero-order valence-electron chi connectivity index (χ0n) is 18.8. The maximum Gasteiger partial charge on any atom is 0.339 e. The molecule has 35 heavy (non-hydrogen) atoms. The predicted octanol–water partition coefficient (Wildman–Crippen LogP) is 3.24. The maximum atomic E-state index is 12.7. The van der Waals surface area contributed by atoms with Gasteiger partial charge in [-0.3, -0.25) is 14.9 Å². The van der Waals surface area contributed by atoms with Crippen LogP contribution in [-0.4, -0.2) is 39.1 Å². The molecule has 0 spiro atoms. The zero-order chi connectivity index (χ0) is 25.4. The van der Waals surface area contributed by atoms with Gasteiger partial charge < -0.3 is 14.2 Å². The number of rotatable bonds is 10. The van der Waals surface area contributed by atoms with E-state index >= 15 is 0 Å². The van der Waals surface area contributed by atoms with Crippen molar-refractivity contribution in [3.63, 3.8) is 0 Å². The molecule has 0 saturated carbocycles. The van der Waals surface area contributed by atoms with Gasteiger partial charge in [-0.2, -0.15) is 13.5 Å². The molecule has 0 bridgehead atoms. The molecular formula is C23H22N4O7S. The summed E-state index contributed by atoms with van der Waals surface area (Å²) in [5, 5.41) is 18.0. The first-order valence-electron chi connectivity index (χ1n) is 10.2. The van der Waals surface area contributed by atoms with Crippen molar-refractivity contribution in [1.29, 1.82) is 0 Å². The number of para-hydroxylation sites is 1. The molecule has 0 aliphatic carbocycles. The molecule has 0 atom stereocenters. The molecule has 3 aromatic rings. The Morgan fingerprint density at radius 3 is 2.51 bits per heavy atom. The number of nitro benzene ring substituents is 1. The molecule has 3 aromatic carbocycles. The molecule has 0 radical (unpaired) electrons. The normalized spacial score (nSPS) is 11.1. The molecule has 182 valence electrons. The van der Waals surface area contributed by atoms with Crippen LogP contribution in [0.2, 0.25) is 0 Å². The second kappa shape index (κ2) is 11.1. The first-order valence-corrected chi connectivity index (χ1v) is 11.6. The lowest BCUT2D eigenvalue weighted by Crippen LogP contribution is -2.25. The van der Waals surface area contributed by atoms with Crippen LogP contribution in [0.1, 0.15) is 11.1 Å². The van der Waals surface area contributed by atoms with E-state index in [4.69, 9.17) is 8.92 Å². The Morgan fingerprint density at radius 1 is 1.09 bits per heavy atom. The highest BCUT2D eigenvalue weighted by molar-refractivity contribution is 7.87. The largest absolute Gasteiger partial charge is 0.493 e. The highest BCUT2D eigenvalue weighted by Crippen LogP contribution is 2.31. The van der Waals surface area contributed by atoms with Crippen molar-refractivity contribution in [3.8, 4) is 11.5 Å². The molecule has 0 aliphatic heterocycles. The third kappa shape index (κ3) is 6.77. The zero-order valence-corrected chi connectivity index (χ0v) is 19.6. The van der Waals surface area contributed by atoms with Crippen molar-refractivity contribution in [3.05, 3.63) is 88.0 Å². The minimum absolute atomic E-state index is 0.0203. The fraction of sp³-hybridized carbons (Fsp3) is 0.130. The smallest absolute Gasteiger partial charge is 0.339 e. The number of hydrogen-bond donors (Lipinski definition) is 2. The van der Waals surface area contributed by atoms with E-state index in [9.17, 15) is 23.3 Å². The number of nitrogens with zero attached hydrogens (tertiary/aromatic N) is 2. The number of carbonyl (C=O) groups is 1. The number of amides is 1. The van der Waals surface area contributed by atoms with Crippen LogP contribution in [0.3, 0.4) is 0 Å². The van der Waals surface area contributed by atoms with Gasteiger partial charge in [-0.05, 0) is 48.9 Å². The number of nitrogens with one attached hydrogen (secondary N) is 2. The number of hydrazone groups is 1. The summed E-state index contributed by atoms with van der Waals surface area (Å²) in [6.45, 7) is 1.52. The highest BCUT2D eigenvalue weighted by atomic mass is 32.2. The van der Waals surface area contributed by atoms with Crippen molar-refractivity contribution in [2.45, 2.75) is 11.8 Å². The Hall–Kier alpha value is -4.45. The Balaban J connectivity index is 1.67. The van der Waals surface area contributed by atoms with Crippen LogP contribution in [-0.2, 0) is 14.9 Å². The van der Waals surface area contributed by atoms with E-state index in [1.165, 1.54) is 50.6 Å². The minimum atomic E-state index is -4.37. The molecule has 0 heterocycles. The molecule has 0 aliphatic rings. The van der Waals surface area contributed by atoms with Crippen LogP contribution in [0.4, 0.5) is 11.4 Å². The number of aryl methyl sites for hydroxylation is 1. The van der Waals surface area contributed by atoms with Crippen LogP contribution >= 0.6 is 0 Å². The second-order valence-corrected chi connectivity index (χ2v) is 8.71. The third-order valence-electron chi connectivity index (χ3n) is 4.68. The van der Waals surface area contributed by atoms with Crippen molar-refractivity contribution < 1.29 is 27.1 Å². The molecule has 0 unspecified atom stereocenters. The van der Waals surface area contributed by atoms with Gasteiger partial charge in [0, 0.05) is 17.3 Å². The van der Waals surface area contributed by atoms with E-state index in [1.54, 1.807) is 0 Å². The Kier molecular flexibility index (Phi) is 8.00. The van der Waals surface area contributed by atoms with Crippen LogP contribution in [0.5, 0.6) is 11.5 Å². The molecule has 0 aromatic heterocycles. The van der Waals surface area contributed by atoms with E-state index in [-0.39, 0.29) is 34.5 Å². The first kappa shape index (κ1) is 25.2. The SMILES string of the molecule is COc1cc(/C=N/NC(=O)CNc2ccccc2)ccc1OS(=O)(=O)c1ccc(C)c([N+](=O)[O-])c1. The lowest BCUT2D eigenvalue weighted by Gasteiger charge is -2.11. The monoisotopic (exact) mass is 498 g/mol. The molecule has 0 saturated heterocycles. The van der Waals surface area contributed by atoms with Gasteiger partial charge in [0.2, 0.25) is 0 Å². The summed E-state index contributed by atoms with van der Waals surface area (Å²) in [6.07, 6.45) is 1.35. The fourth-order valence-corrected chi connectivity index (χ4v) is 3.86. The van der Waals surface area contributed by atoms with Crippen molar-refractivity contribution >= 4 is 33.6 Å². The van der Waals surface area contributed by atoms with Gasteiger partial charge in [-0.15, -0.1) is 0 Å². The molecule has 2 N–H and O–H groups in total. The average Bonchev–Trinajstić information content (AvgIpc) is 2.84. The van der Waals surface area contributed by atoms with Gasteiger partial charge in [-0.25, -0.2) is 5.43 Å². The second-order valence-electron chi connectivity index (χ2n) is 7.17. The number of nitro groups is 1. The van der Waals surface area contributed by atoms with Crippen LogP contribution in [0, 0.1) is 17.0 Å². The summed E-state index contributed by atoms with van der Waals surface area (Å²) in [5.41, 5.74) is 3.64. The number of carbonyl (C=O) groups excluding carboxylic acids is 1. The van der Waals surface area contributed by atoms with Crippen LogP contribution in [0.15, 0.2) is 76.7 Å². The van der Waals surface area contributed by atoms with Crippen LogP contribution < -0.4 is 19.7 Å². The van der Waals surface area contributed by atoms with Crippen molar-refractivity contribution in [2.24, 2.45) is 5.10 Å². The lowest BCUT2D eigenvalue weighted by atomic mass is 10.2. The molecular weight excluding hydrogens is 476 g/mol. The Bertz CT molecular complexity index is 1360. The summed E-state index contributed by atoms with van der Waals surface area (Å²) in [4.78, 5) is 22.0. The van der Waals surface area contributed by atoms with E-state index in [1.807, 2.05) is 30.3 Å². The summed E-state index contributed by atoms with van der Waals surface area (Å²) >= 11 is 0. The predicted molar refractivity (Wildman–Crippen MR) is 129 cm³/mol. The number of methoxy groups -OCH3 is 1. The van der Waals surface area contributed by atoms with Gasteiger partial charge in [0.1, 0.15) is 4.90 Å². The maximum absolute atomic E-state index is 12.7. The number of benzene rings is 3. The fourth-order valence-electron chi connectivity index (χ4n) is 2.90. The Labute approximate surface area is 201 Å². The van der Waals surface area contributed by atoms with Gasteiger partial charge in [0.05, 0.1) is 24.8 Å². The number of anilines is 1. The number of hydrogen-bond acceptors (Lipinski definition) is 9. The molecule has 11 nitrogen and oxygen atoms in total. The van der Waals surface area contributed by atoms with Crippen molar-refractivity contribution in [1.82, 2.24) is 5.43 Å². The molecule has 1 amide bonds. The molecule has 12 heteroatoms. The standard InChI is InChI=1S/C23H22N4O7S/c1-16-8-10-19(13-20(16)27(29)30)35(31,32)34-21-11-9-17(12-22(21)33-2)14-25-26-23(28)15-24-18-6-4-3-5-7-18/h3-14,24H,15H2,1-2H3,(H,26,28)/b25-14+. The highest BCUT2D eigenvalue weighted by Gasteiger charge is 2.23. The summed E-state index contributed by atoms with van der Waals surface area (Å²) in [6, 6.07) is 17.0. The Morgan fingerprint density at radius 2 is 1.83 bits per heavy atom. The van der Waals surface area contributed by atoms with Crippen LogP contribution in [0.25, 0.3) is 0 Å². The van der Waals surface area contributed by atoms with Gasteiger partial charge in [-0.1, -0.05) is 24.3 Å². The lowest BCUT2D eigenvalue weighted by molar-refractivity contribution is -0.385. The summed E-state index contributed by atoms with van der Waals surface area (Å²) in [7, 11) is -3.05. The minimum Gasteiger partial charge on any atom is -0.493 e. The van der Waals surface area contributed by atoms with E-state index in [2.05, 4.69) is 15.8 Å². The third-order valence-corrected chi connectivity index (χ3v) is 5.91. The first-order chi connectivity index (χ1) is 16.7. The quantitative estimate of drug-likeness (QED) is 0.187. The summed E-state index contributed by atoms with van der Waals surface area (Å²) < 4.78 is 35.7. The molecule has 3 rings (SSSR count). The number of ether oxygens (including phenoxy) is 1. The van der Waals surface area contributed by atoms with E-state index in [0.29, 0.717) is 11.1 Å². The van der Waals surface area contributed by atoms with Gasteiger partial charge in [0.25, 0.3) is 11.6 Å². The van der Waals surface area contributed by atoms with Gasteiger partial charge >= 0.3 is 10.1 Å². The topological polar surface area (TPSA) is 149 Å². The molecule has 0 fully saturated rings. The van der Waals surface area contributed by atoms with E-state index < -0.39 is 15.0 Å².